The van der Waals surface area contributed by atoms with Crippen LogP contribution in [0.4, 0.5) is 0 Å². The van der Waals surface area contributed by atoms with Gasteiger partial charge in [0.15, 0.2) is 0 Å². The Hall–Kier alpha value is -0.820. The lowest BCUT2D eigenvalue weighted by molar-refractivity contribution is 0.611. The highest BCUT2D eigenvalue weighted by atomic mass is 14.9. The van der Waals surface area contributed by atoms with Gasteiger partial charge in [-0.3, -0.25) is 0 Å². The predicted octanol–water partition coefficient (Wildman–Crippen LogP) is 2.97. The summed E-state index contributed by atoms with van der Waals surface area (Å²) in [4.78, 5) is 0. The van der Waals surface area contributed by atoms with Gasteiger partial charge in [0.05, 0.1) is 0 Å². The van der Waals surface area contributed by atoms with Crippen LogP contribution < -0.4 is 5.32 Å². The molecule has 1 nitrogen and oxygen atoms in total. The molecule has 76 valence electrons. The molecule has 1 aromatic carbocycles. The maximum Gasteiger partial charge on any atom is 0.0323 e. The zero-order valence-electron chi connectivity index (χ0n) is 9.30. The third kappa shape index (κ3) is 1.98. The van der Waals surface area contributed by atoms with Crippen LogP contribution >= 0.6 is 0 Å². The van der Waals surface area contributed by atoms with Gasteiger partial charge in [-0.1, -0.05) is 36.2 Å². The largest absolute Gasteiger partial charge is 0.310 e. The minimum absolute atomic E-state index is 0.587. The van der Waals surface area contributed by atoms with Gasteiger partial charge in [-0.25, -0.2) is 0 Å². The summed E-state index contributed by atoms with van der Waals surface area (Å²) >= 11 is 0. The molecule has 2 atom stereocenters. The molecule has 0 aliphatic carbocycles. The summed E-state index contributed by atoms with van der Waals surface area (Å²) in [6.45, 7) is 7.83. The fraction of sp³-hybridized carbons (Fsp3) is 0.538. The average molecular weight is 189 g/mol. The molecular weight excluding hydrogens is 170 g/mol. The molecule has 1 N–H and O–H groups in total. The number of hydrogen-bond donors (Lipinski definition) is 1. The Morgan fingerprint density at radius 2 is 1.79 bits per heavy atom. The van der Waals surface area contributed by atoms with E-state index in [1.54, 1.807) is 0 Å². The summed E-state index contributed by atoms with van der Waals surface area (Å²) < 4.78 is 0. The van der Waals surface area contributed by atoms with Crippen LogP contribution in [0.15, 0.2) is 18.2 Å². The van der Waals surface area contributed by atoms with E-state index in [1.165, 1.54) is 23.1 Å². The van der Waals surface area contributed by atoms with Gasteiger partial charge in [0.2, 0.25) is 0 Å². The lowest BCUT2D eigenvalue weighted by Crippen LogP contribution is -2.13. The predicted molar refractivity (Wildman–Crippen MR) is 60.4 cm³/mol. The van der Waals surface area contributed by atoms with Crippen molar-refractivity contribution < 1.29 is 0 Å². The second-order valence-corrected chi connectivity index (χ2v) is 4.72. The Morgan fingerprint density at radius 1 is 1.14 bits per heavy atom. The molecule has 14 heavy (non-hydrogen) atoms. The first kappa shape index (κ1) is 9.72. The Morgan fingerprint density at radius 3 is 2.29 bits per heavy atom. The summed E-state index contributed by atoms with van der Waals surface area (Å²) in [6.07, 6.45) is 1.28. The van der Waals surface area contributed by atoms with E-state index >= 15 is 0 Å². The Balaban J connectivity index is 2.23. The second-order valence-electron chi connectivity index (χ2n) is 4.72. The van der Waals surface area contributed by atoms with E-state index < -0.39 is 0 Å². The molecule has 1 aliphatic heterocycles. The minimum atomic E-state index is 0.587. The number of benzene rings is 1. The standard InChI is InChI=1S/C13H19N/c1-9-4-10(2)6-12(5-9)13-7-11(3)8-14-13/h4-6,11,13-14H,7-8H2,1-3H3/t11-,13-/m0/s1. The van der Waals surface area contributed by atoms with Gasteiger partial charge in [0.25, 0.3) is 0 Å². The molecule has 0 unspecified atom stereocenters. The number of hydrogen-bond acceptors (Lipinski definition) is 1. The van der Waals surface area contributed by atoms with Crippen molar-refractivity contribution in [1.29, 1.82) is 0 Å². The molecule has 0 amide bonds. The van der Waals surface area contributed by atoms with Crippen molar-refractivity contribution in [2.24, 2.45) is 5.92 Å². The van der Waals surface area contributed by atoms with Crippen molar-refractivity contribution in [3.05, 3.63) is 34.9 Å². The molecule has 0 aromatic heterocycles. The molecule has 0 spiro atoms. The molecule has 1 saturated heterocycles. The van der Waals surface area contributed by atoms with Crippen LogP contribution in [0, 0.1) is 19.8 Å². The summed E-state index contributed by atoms with van der Waals surface area (Å²) in [5, 5.41) is 3.58. The summed E-state index contributed by atoms with van der Waals surface area (Å²) in [6, 6.07) is 7.44. The Kier molecular flexibility index (Phi) is 2.60. The molecule has 1 fully saturated rings. The molecule has 1 heteroatoms. The zero-order chi connectivity index (χ0) is 10.1. The monoisotopic (exact) mass is 189 g/mol. The topological polar surface area (TPSA) is 12.0 Å². The first-order chi connectivity index (χ1) is 6.65. The zero-order valence-corrected chi connectivity index (χ0v) is 9.30. The molecule has 0 bridgehead atoms. The number of aryl methyl sites for hydroxylation is 2. The van der Waals surface area contributed by atoms with Crippen molar-refractivity contribution >= 4 is 0 Å². The van der Waals surface area contributed by atoms with Gasteiger partial charge < -0.3 is 5.32 Å². The van der Waals surface area contributed by atoms with Crippen molar-refractivity contribution in [3.8, 4) is 0 Å². The first-order valence-corrected chi connectivity index (χ1v) is 5.47. The van der Waals surface area contributed by atoms with Crippen LogP contribution in [0.5, 0.6) is 0 Å². The fourth-order valence-corrected chi connectivity index (χ4v) is 2.38. The van der Waals surface area contributed by atoms with E-state index in [2.05, 4.69) is 44.3 Å². The van der Waals surface area contributed by atoms with E-state index in [0.29, 0.717) is 6.04 Å². The summed E-state index contributed by atoms with van der Waals surface area (Å²) in [5.74, 6) is 0.820. The highest BCUT2D eigenvalue weighted by Gasteiger charge is 2.21. The maximum atomic E-state index is 3.58. The smallest absolute Gasteiger partial charge is 0.0323 e. The lowest BCUT2D eigenvalue weighted by Gasteiger charge is -2.12. The van der Waals surface area contributed by atoms with E-state index in [0.717, 1.165) is 12.5 Å². The van der Waals surface area contributed by atoms with Crippen molar-refractivity contribution in [3.63, 3.8) is 0 Å². The molecule has 1 aromatic rings. The van der Waals surface area contributed by atoms with Crippen LogP contribution in [0.2, 0.25) is 0 Å². The highest BCUT2D eigenvalue weighted by molar-refractivity contribution is 5.31. The lowest BCUT2D eigenvalue weighted by atomic mass is 9.98. The third-order valence-electron chi connectivity index (χ3n) is 3.00. The van der Waals surface area contributed by atoms with Crippen LogP contribution in [0.3, 0.4) is 0 Å². The minimum Gasteiger partial charge on any atom is -0.310 e. The second kappa shape index (κ2) is 3.74. The van der Waals surface area contributed by atoms with Crippen LogP contribution in [0.25, 0.3) is 0 Å². The normalized spacial score (nSPS) is 26.8. The number of rotatable bonds is 1. The Labute approximate surface area is 86.5 Å². The number of nitrogens with one attached hydrogen (secondary N) is 1. The molecular formula is C13H19N. The van der Waals surface area contributed by atoms with Gasteiger partial charge in [0, 0.05) is 6.04 Å². The highest BCUT2D eigenvalue weighted by Crippen LogP contribution is 2.27. The van der Waals surface area contributed by atoms with E-state index in [1.807, 2.05) is 0 Å². The van der Waals surface area contributed by atoms with E-state index in [9.17, 15) is 0 Å². The third-order valence-corrected chi connectivity index (χ3v) is 3.00. The van der Waals surface area contributed by atoms with Gasteiger partial charge in [-0.2, -0.15) is 0 Å². The van der Waals surface area contributed by atoms with E-state index in [4.69, 9.17) is 0 Å². The SMILES string of the molecule is Cc1cc(C)cc([C@@H]2C[C@H](C)CN2)c1. The maximum absolute atomic E-state index is 3.58. The van der Waals surface area contributed by atoms with Crippen molar-refractivity contribution in [2.45, 2.75) is 33.2 Å². The molecule has 1 aliphatic rings. The van der Waals surface area contributed by atoms with Gasteiger partial charge >= 0.3 is 0 Å². The molecule has 1 heterocycles. The van der Waals surface area contributed by atoms with Crippen molar-refractivity contribution in [2.75, 3.05) is 6.54 Å². The van der Waals surface area contributed by atoms with Gasteiger partial charge in [-0.15, -0.1) is 0 Å². The van der Waals surface area contributed by atoms with E-state index in [-0.39, 0.29) is 0 Å². The summed E-state index contributed by atoms with van der Waals surface area (Å²) in [5.41, 5.74) is 4.22. The fourth-order valence-electron chi connectivity index (χ4n) is 2.38. The van der Waals surface area contributed by atoms with Crippen molar-refractivity contribution in [1.82, 2.24) is 5.32 Å². The van der Waals surface area contributed by atoms with Crippen LogP contribution in [-0.2, 0) is 0 Å². The summed E-state index contributed by atoms with van der Waals surface area (Å²) in [7, 11) is 0. The van der Waals surface area contributed by atoms with Crippen LogP contribution in [-0.4, -0.2) is 6.54 Å². The molecule has 2 rings (SSSR count). The van der Waals surface area contributed by atoms with Crippen LogP contribution in [0.1, 0.15) is 36.1 Å². The van der Waals surface area contributed by atoms with Gasteiger partial charge in [-0.05, 0) is 38.3 Å². The Bertz CT molecular complexity index is 310. The molecule has 0 radical (unpaired) electrons. The first-order valence-electron chi connectivity index (χ1n) is 5.47. The quantitative estimate of drug-likeness (QED) is 0.716. The van der Waals surface area contributed by atoms with Gasteiger partial charge in [0.1, 0.15) is 0 Å². The average Bonchev–Trinajstić information content (AvgIpc) is 2.50. The molecule has 0 saturated carbocycles.